The molecule has 3 aromatic carbocycles. The van der Waals surface area contributed by atoms with Crippen LogP contribution in [0, 0.1) is 5.82 Å². The molecule has 8 nitrogen and oxygen atoms in total. The molecule has 2 aliphatic heterocycles. The van der Waals surface area contributed by atoms with Gasteiger partial charge in [-0.1, -0.05) is 25.1 Å². The van der Waals surface area contributed by atoms with Crippen molar-refractivity contribution < 1.29 is 41.7 Å². The van der Waals surface area contributed by atoms with Crippen molar-refractivity contribution in [1.82, 2.24) is 9.55 Å². The number of carbonyl (C=O) groups is 2. The third kappa shape index (κ3) is 4.52. The lowest BCUT2D eigenvalue weighted by atomic mass is 9.97. The molecule has 6 rings (SSSR count). The lowest BCUT2D eigenvalue weighted by Crippen LogP contribution is -2.44. The normalized spacial score (nSPS) is 17.6. The molecular weight excluding hydrogens is 546 g/mol. The second kappa shape index (κ2) is 9.79. The number of ether oxygens (including phenoxy) is 2. The summed E-state index contributed by atoms with van der Waals surface area (Å²) >= 11 is 0. The van der Waals surface area contributed by atoms with Crippen LogP contribution in [0.25, 0.3) is 16.7 Å². The fourth-order valence-electron chi connectivity index (χ4n) is 5.58. The van der Waals surface area contributed by atoms with Gasteiger partial charge in [-0.3, -0.25) is 19.1 Å². The average molecular weight is 570 g/mol. The molecule has 0 aliphatic carbocycles. The van der Waals surface area contributed by atoms with E-state index in [-0.39, 0.29) is 36.8 Å². The summed E-state index contributed by atoms with van der Waals surface area (Å²) in [4.78, 5) is 29.3. The molecule has 3 heterocycles. The van der Waals surface area contributed by atoms with Crippen molar-refractivity contribution in [2.24, 2.45) is 0 Å². The number of para-hydroxylation sites is 1. The van der Waals surface area contributed by atoms with Gasteiger partial charge in [0.2, 0.25) is 0 Å². The third-order valence-electron chi connectivity index (χ3n) is 7.36. The number of hydrogen-bond donors (Lipinski definition) is 1. The number of carboxylic acid groups (broad SMARTS) is 1. The minimum atomic E-state index is -5.19. The fraction of sp³-hybridized carbons (Fsp3) is 0.276. The van der Waals surface area contributed by atoms with E-state index in [1.54, 1.807) is 28.8 Å². The van der Waals surface area contributed by atoms with Crippen LogP contribution in [0.2, 0.25) is 0 Å². The van der Waals surface area contributed by atoms with Crippen LogP contribution in [0.5, 0.6) is 11.5 Å². The van der Waals surface area contributed by atoms with Gasteiger partial charge in [0.15, 0.2) is 0 Å². The molecule has 12 heteroatoms. The Morgan fingerprint density at radius 3 is 2.61 bits per heavy atom. The zero-order chi connectivity index (χ0) is 29.1. The number of nitrogens with zero attached hydrogens (tertiary/aromatic N) is 3. The highest BCUT2D eigenvalue weighted by Crippen LogP contribution is 2.46. The number of alkyl halides is 3. The number of aromatic nitrogens is 2. The second-order valence-corrected chi connectivity index (χ2v) is 9.87. The molecule has 212 valence electrons. The first kappa shape index (κ1) is 26.6. The van der Waals surface area contributed by atoms with E-state index in [1.807, 2.05) is 6.92 Å². The van der Waals surface area contributed by atoms with Crippen LogP contribution in [0.4, 0.5) is 23.2 Å². The number of aryl methyl sites for hydroxylation is 1. The Kier molecular flexibility index (Phi) is 6.35. The van der Waals surface area contributed by atoms with E-state index < -0.39 is 35.8 Å². The van der Waals surface area contributed by atoms with Gasteiger partial charge in [-0.25, -0.2) is 9.37 Å². The molecule has 1 aromatic heterocycles. The first-order chi connectivity index (χ1) is 19.6. The van der Waals surface area contributed by atoms with Gasteiger partial charge in [0, 0.05) is 41.3 Å². The molecule has 0 radical (unpaired) electrons. The minimum Gasteiger partial charge on any atom is -0.493 e. The van der Waals surface area contributed by atoms with Crippen molar-refractivity contribution >= 4 is 28.6 Å². The summed E-state index contributed by atoms with van der Waals surface area (Å²) < 4.78 is 69.3. The molecule has 0 bridgehead atoms. The quantitative estimate of drug-likeness (QED) is 0.299. The van der Waals surface area contributed by atoms with E-state index in [4.69, 9.17) is 14.6 Å². The number of benzene rings is 3. The predicted molar refractivity (Wildman–Crippen MR) is 139 cm³/mol. The summed E-state index contributed by atoms with van der Waals surface area (Å²) in [6.07, 6.45) is -4.91. The highest BCUT2D eigenvalue weighted by atomic mass is 19.4. The summed E-state index contributed by atoms with van der Waals surface area (Å²) in [6.45, 7) is 1.67. The van der Waals surface area contributed by atoms with Crippen molar-refractivity contribution in [3.05, 3.63) is 77.4 Å². The number of halogens is 4. The molecule has 0 unspecified atom stereocenters. The van der Waals surface area contributed by atoms with Crippen LogP contribution in [-0.4, -0.2) is 45.9 Å². The Morgan fingerprint density at radius 2 is 1.88 bits per heavy atom. The Hall–Kier alpha value is -4.61. The van der Waals surface area contributed by atoms with Crippen LogP contribution in [0.3, 0.4) is 0 Å². The third-order valence-corrected chi connectivity index (χ3v) is 7.36. The van der Waals surface area contributed by atoms with E-state index in [9.17, 15) is 27.2 Å². The molecule has 4 aromatic rings. The van der Waals surface area contributed by atoms with Crippen LogP contribution in [0.1, 0.15) is 42.3 Å². The standard InChI is InChI=1S/C29H23F4N3O5/c1-2-25-34-20-9-6-16(30)11-22(20)36(25)21-5-3-4-19-23(14-41-27(19)21)35(28(39)29(31,32)33)17-7-8-18-15(10-26(37)38)13-40-24(18)12-17/h3-9,11-12,15,23H,2,10,13-14H2,1H3,(H,37,38)/t15-,23+/m1/s1. The molecular formula is C29H23F4N3O5. The number of aliphatic carboxylic acids is 1. The van der Waals surface area contributed by atoms with Gasteiger partial charge in [0.05, 0.1) is 35.8 Å². The van der Waals surface area contributed by atoms with Crippen molar-refractivity contribution in [2.45, 2.75) is 37.9 Å². The van der Waals surface area contributed by atoms with E-state index in [1.165, 1.54) is 30.3 Å². The Labute approximate surface area is 230 Å². The predicted octanol–water partition coefficient (Wildman–Crippen LogP) is 5.71. The first-order valence-electron chi connectivity index (χ1n) is 12.9. The van der Waals surface area contributed by atoms with Crippen molar-refractivity contribution in [2.75, 3.05) is 18.1 Å². The summed E-state index contributed by atoms with van der Waals surface area (Å²) in [5.74, 6) is -2.96. The van der Waals surface area contributed by atoms with E-state index >= 15 is 0 Å². The first-order valence-corrected chi connectivity index (χ1v) is 12.9. The van der Waals surface area contributed by atoms with Gasteiger partial charge in [0.25, 0.3) is 0 Å². The van der Waals surface area contributed by atoms with Crippen LogP contribution in [-0.2, 0) is 16.0 Å². The van der Waals surface area contributed by atoms with E-state index in [0.29, 0.717) is 45.0 Å². The van der Waals surface area contributed by atoms with Gasteiger partial charge in [-0.2, -0.15) is 13.2 Å². The molecule has 0 fully saturated rings. The minimum absolute atomic E-state index is 0.0657. The summed E-state index contributed by atoms with van der Waals surface area (Å²) in [7, 11) is 0. The zero-order valence-corrected chi connectivity index (χ0v) is 21.6. The van der Waals surface area contributed by atoms with Crippen LogP contribution < -0.4 is 14.4 Å². The number of fused-ring (bicyclic) bond motifs is 3. The lowest BCUT2D eigenvalue weighted by Gasteiger charge is -2.29. The number of rotatable bonds is 6. The zero-order valence-electron chi connectivity index (χ0n) is 21.6. The average Bonchev–Trinajstić information content (AvgIpc) is 3.63. The van der Waals surface area contributed by atoms with Gasteiger partial charge in [-0.05, 0) is 24.3 Å². The second-order valence-electron chi connectivity index (χ2n) is 9.87. The molecule has 0 saturated carbocycles. The Morgan fingerprint density at radius 1 is 1.07 bits per heavy atom. The molecule has 41 heavy (non-hydrogen) atoms. The molecule has 0 spiro atoms. The molecule has 1 amide bonds. The van der Waals surface area contributed by atoms with Gasteiger partial charge >= 0.3 is 18.1 Å². The molecule has 2 atom stereocenters. The number of amides is 1. The maximum Gasteiger partial charge on any atom is 0.471 e. The smallest absolute Gasteiger partial charge is 0.471 e. The highest BCUT2D eigenvalue weighted by molar-refractivity contribution is 5.98. The highest BCUT2D eigenvalue weighted by Gasteiger charge is 2.48. The largest absolute Gasteiger partial charge is 0.493 e. The van der Waals surface area contributed by atoms with Gasteiger partial charge < -0.3 is 14.6 Å². The maximum atomic E-state index is 14.2. The van der Waals surface area contributed by atoms with Crippen molar-refractivity contribution in [3.63, 3.8) is 0 Å². The summed E-state index contributed by atoms with van der Waals surface area (Å²) in [5, 5.41) is 9.17. The van der Waals surface area contributed by atoms with Crippen molar-refractivity contribution in [3.8, 4) is 17.2 Å². The molecule has 2 aliphatic rings. The number of carbonyl (C=O) groups excluding carboxylic acids is 1. The summed E-state index contributed by atoms with van der Waals surface area (Å²) in [6, 6.07) is 12.1. The number of imidazole rings is 1. The number of anilines is 1. The SMILES string of the molecule is CCc1nc2ccc(F)cc2n1-c1cccc2c1OC[C@@H]2N(C(=O)C(F)(F)F)c1ccc2c(c1)OC[C@H]2CC(=O)O. The lowest BCUT2D eigenvalue weighted by molar-refractivity contribution is -0.171. The van der Waals surface area contributed by atoms with Gasteiger partial charge in [-0.15, -0.1) is 0 Å². The molecule has 0 saturated heterocycles. The number of hydrogen-bond acceptors (Lipinski definition) is 5. The van der Waals surface area contributed by atoms with Crippen molar-refractivity contribution in [1.29, 1.82) is 0 Å². The van der Waals surface area contributed by atoms with Gasteiger partial charge in [0.1, 0.15) is 29.7 Å². The summed E-state index contributed by atoms with van der Waals surface area (Å²) in [5.41, 5.74) is 2.29. The Bertz CT molecular complexity index is 1700. The maximum absolute atomic E-state index is 14.2. The number of carboxylic acids is 1. The van der Waals surface area contributed by atoms with Crippen LogP contribution in [0.15, 0.2) is 54.6 Å². The topological polar surface area (TPSA) is 93.9 Å². The van der Waals surface area contributed by atoms with E-state index in [2.05, 4.69) is 4.98 Å². The fourth-order valence-corrected chi connectivity index (χ4v) is 5.58. The van der Waals surface area contributed by atoms with E-state index in [0.717, 1.165) is 0 Å². The monoisotopic (exact) mass is 569 g/mol. The Balaban J connectivity index is 1.46. The molecule has 1 N–H and O–H groups in total. The van der Waals surface area contributed by atoms with Crippen LogP contribution >= 0.6 is 0 Å².